The molecule has 0 aromatic heterocycles. The summed E-state index contributed by atoms with van der Waals surface area (Å²) >= 11 is 0. The van der Waals surface area contributed by atoms with Gasteiger partial charge in [0.15, 0.2) is 0 Å². The lowest BCUT2D eigenvalue weighted by Gasteiger charge is -2.31. The molecule has 0 radical (unpaired) electrons. The first kappa shape index (κ1) is 18.2. The number of piperidine rings is 1. The van der Waals surface area contributed by atoms with E-state index in [4.69, 9.17) is 0 Å². The Morgan fingerprint density at radius 2 is 1.46 bits per heavy atom. The summed E-state index contributed by atoms with van der Waals surface area (Å²) in [5, 5.41) is 2.93. The fourth-order valence-electron chi connectivity index (χ4n) is 3.90. The Hall–Kier alpha value is -3.15. The number of hydrogen-bond donors (Lipinski definition) is 1. The number of nitrogens with one attached hydrogen (secondary N) is 1. The third-order valence-corrected chi connectivity index (χ3v) is 5.45. The van der Waals surface area contributed by atoms with Crippen LogP contribution in [0.2, 0.25) is 0 Å². The van der Waals surface area contributed by atoms with Gasteiger partial charge in [0.2, 0.25) is 5.91 Å². The van der Waals surface area contributed by atoms with Crippen LogP contribution in [0.5, 0.6) is 0 Å². The minimum atomic E-state index is -0.901. The average Bonchev–Trinajstić information content (AvgIpc) is 2.99. The van der Waals surface area contributed by atoms with Gasteiger partial charge in [-0.05, 0) is 50.5 Å². The van der Waals surface area contributed by atoms with Crippen LogP contribution in [-0.4, -0.2) is 41.8 Å². The summed E-state index contributed by atoms with van der Waals surface area (Å²) < 4.78 is 0. The van der Waals surface area contributed by atoms with Gasteiger partial charge in [0.1, 0.15) is 6.04 Å². The van der Waals surface area contributed by atoms with Crippen molar-refractivity contribution in [3.8, 4) is 0 Å². The molecule has 1 N–H and O–H groups in total. The number of hydrogen-bond acceptors (Lipinski definition) is 4. The molecule has 2 aliphatic heterocycles. The van der Waals surface area contributed by atoms with Crippen molar-refractivity contribution >= 4 is 29.1 Å². The number of rotatable bonds is 4. The zero-order valence-corrected chi connectivity index (χ0v) is 15.9. The fraction of sp³-hybridized carbons (Fsp3) is 0.318. The monoisotopic (exact) mass is 377 g/mol. The fourth-order valence-corrected chi connectivity index (χ4v) is 3.90. The van der Waals surface area contributed by atoms with E-state index in [1.54, 1.807) is 31.2 Å². The van der Waals surface area contributed by atoms with Crippen molar-refractivity contribution < 1.29 is 14.4 Å². The van der Waals surface area contributed by atoms with E-state index in [0.29, 0.717) is 16.8 Å². The summed E-state index contributed by atoms with van der Waals surface area (Å²) in [6.07, 6.45) is 3.49. The molecule has 1 atom stereocenters. The van der Waals surface area contributed by atoms with Crippen LogP contribution in [0.15, 0.2) is 48.5 Å². The smallest absolute Gasteiger partial charge is 0.262 e. The van der Waals surface area contributed by atoms with Crippen LogP contribution in [0.3, 0.4) is 0 Å². The van der Waals surface area contributed by atoms with Crippen LogP contribution in [0, 0.1) is 0 Å². The number of amides is 3. The van der Waals surface area contributed by atoms with Crippen molar-refractivity contribution in [3.05, 3.63) is 59.7 Å². The first-order chi connectivity index (χ1) is 13.6. The zero-order valence-electron chi connectivity index (χ0n) is 15.9. The Morgan fingerprint density at radius 1 is 0.893 bits per heavy atom. The lowest BCUT2D eigenvalue weighted by Crippen LogP contribution is -2.45. The van der Waals surface area contributed by atoms with Gasteiger partial charge in [-0.1, -0.05) is 24.3 Å². The predicted octanol–water partition coefficient (Wildman–Crippen LogP) is 3.30. The Bertz CT molecular complexity index is 899. The third kappa shape index (κ3) is 3.15. The Labute approximate surface area is 164 Å². The van der Waals surface area contributed by atoms with Crippen molar-refractivity contribution in [2.75, 3.05) is 23.3 Å². The second-order valence-electron chi connectivity index (χ2n) is 7.26. The number of carbonyl (C=O) groups excluding carboxylic acids is 3. The third-order valence-electron chi connectivity index (χ3n) is 5.45. The number of nitrogens with zero attached hydrogens (tertiary/aromatic N) is 2. The maximum atomic E-state index is 12.9. The standard InChI is InChI=1S/C22H23N3O3/c1-15(25-21(27)16-9-3-4-10-17(16)22(25)28)20(26)23-18-11-5-6-12-19(18)24-13-7-2-8-14-24/h3-6,9-12,15H,2,7-8,13-14H2,1H3,(H,23,26)/t15-/m0/s1. The zero-order chi connectivity index (χ0) is 19.7. The van der Waals surface area contributed by atoms with E-state index in [9.17, 15) is 14.4 Å². The highest BCUT2D eigenvalue weighted by Crippen LogP contribution is 2.29. The van der Waals surface area contributed by atoms with Crippen LogP contribution in [0.4, 0.5) is 11.4 Å². The molecule has 2 aromatic rings. The molecular weight excluding hydrogens is 354 g/mol. The number of anilines is 2. The SMILES string of the molecule is C[C@@H](C(=O)Nc1ccccc1N1CCCCC1)N1C(=O)c2ccccc2C1=O. The molecular formula is C22H23N3O3. The van der Waals surface area contributed by atoms with Gasteiger partial charge in [-0.3, -0.25) is 19.3 Å². The van der Waals surface area contributed by atoms with E-state index in [1.165, 1.54) is 6.42 Å². The molecule has 0 bridgehead atoms. The van der Waals surface area contributed by atoms with Gasteiger partial charge in [-0.2, -0.15) is 0 Å². The molecule has 2 heterocycles. The predicted molar refractivity (Wildman–Crippen MR) is 108 cm³/mol. The second kappa shape index (κ2) is 7.46. The first-order valence-corrected chi connectivity index (χ1v) is 9.69. The van der Waals surface area contributed by atoms with E-state index >= 15 is 0 Å². The lowest BCUT2D eigenvalue weighted by atomic mass is 10.1. The van der Waals surface area contributed by atoms with Crippen molar-refractivity contribution in [1.82, 2.24) is 4.90 Å². The summed E-state index contributed by atoms with van der Waals surface area (Å²) in [5.41, 5.74) is 2.38. The summed E-state index contributed by atoms with van der Waals surface area (Å²) in [4.78, 5) is 41.5. The van der Waals surface area contributed by atoms with Gasteiger partial charge in [-0.15, -0.1) is 0 Å². The Balaban J connectivity index is 1.54. The highest BCUT2D eigenvalue weighted by Gasteiger charge is 2.40. The lowest BCUT2D eigenvalue weighted by molar-refractivity contribution is -0.119. The highest BCUT2D eigenvalue weighted by molar-refractivity contribution is 6.23. The van der Waals surface area contributed by atoms with Crippen molar-refractivity contribution in [3.63, 3.8) is 0 Å². The molecule has 2 aliphatic rings. The van der Waals surface area contributed by atoms with Crippen LogP contribution >= 0.6 is 0 Å². The van der Waals surface area contributed by atoms with Crippen LogP contribution < -0.4 is 10.2 Å². The van der Waals surface area contributed by atoms with E-state index < -0.39 is 17.9 Å². The minimum Gasteiger partial charge on any atom is -0.370 e. The molecule has 6 heteroatoms. The van der Waals surface area contributed by atoms with Gasteiger partial charge in [-0.25, -0.2) is 0 Å². The largest absolute Gasteiger partial charge is 0.370 e. The van der Waals surface area contributed by atoms with Crippen molar-refractivity contribution in [2.24, 2.45) is 0 Å². The summed E-state index contributed by atoms with van der Waals surface area (Å²) in [6.45, 7) is 3.50. The maximum absolute atomic E-state index is 12.9. The second-order valence-corrected chi connectivity index (χ2v) is 7.26. The van der Waals surface area contributed by atoms with Gasteiger partial charge in [0, 0.05) is 13.1 Å². The quantitative estimate of drug-likeness (QED) is 0.830. The normalized spacial score (nSPS) is 17.5. The van der Waals surface area contributed by atoms with Gasteiger partial charge >= 0.3 is 0 Å². The summed E-state index contributed by atoms with van der Waals surface area (Å²) in [7, 11) is 0. The molecule has 3 amide bonds. The average molecular weight is 377 g/mol. The maximum Gasteiger partial charge on any atom is 0.262 e. The Morgan fingerprint density at radius 3 is 2.11 bits per heavy atom. The topological polar surface area (TPSA) is 69.7 Å². The van der Waals surface area contributed by atoms with Crippen molar-refractivity contribution in [1.29, 1.82) is 0 Å². The van der Waals surface area contributed by atoms with Gasteiger partial charge in [0.05, 0.1) is 22.5 Å². The summed E-state index contributed by atoms with van der Waals surface area (Å²) in [6, 6.07) is 13.4. The highest BCUT2D eigenvalue weighted by atomic mass is 16.2. The van der Waals surface area contributed by atoms with E-state index in [1.807, 2.05) is 24.3 Å². The molecule has 1 saturated heterocycles. The van der Waals surface area contributed by atoms with Gasteiger partial charge < -0.3 is 10.2 Å². The van der Waals surface area contributed by atoms with Crippen LogP contribution in [-0.2, 0) is 4.79 Å². The van der Waals surface area contributed by atoms with E-state index in [2.05, 4.69) is 10.2 Å². The Kier molecular flexibility index (Phi) is 4.86. The summed E-state index contributed by atoms with van der Waals surface area (Å²) in [5.74, 6) is -1.22. The molecule has 4 rings (SSSR count). The minimum absolute atomic E-state index is 0.348. The van der Waals surface area contributed by atoms with Crippen molar-refractivity contribution in [2.45, 2.75) is 32.2 Å². The molecule has 28 heavy (non-hydrogen) atoms. The molecule has 0 saturated carbocycles. The number of imide groups is 1. The molecule has 0 spiro atoms. The number of carbonyl (C=O) groups is 3. The molecule has 2 aromatic carbocycles. The molecule has 1 fully saturated rings. The molecule has 0 aliphatic carbocycles. The number of benzene rings is 2. The van der Waals surface area contributed by atoms with Crippen LogP contribution in [0.1, 0.15) is 46.9 Å². The number of fused-ring (bicyclic) bond motifs is 1. The van der Waals surface area contributed by atoms with Gasteiger partial charge in [0.25, 0.3) is 11.8 Å². The first-order valence-electron chi connectivity index (χ1n) is 9.69. The van der Waals surface area contributed by atoms with E-state index in [-0.39, 0.29) is 5.91 Å². The molecule has 0 unspecified atom stereocenters. The molecule has 144 valence electrons. The number of para-hydroxylation sites is 2. The van der Waals surface area contributed by atoms with Crippen LogP contribution in [0.25, 0.3) is 0 Å². The molecule has 6 nitrogen and oxygen atoms in total. The van der Waals surface area contributed by atoms with E-state index in [0.717, 1.165) is 36.5 Å².